The van der Waals surface area contributed by atoms with Crippen LogP contribution in [-0.2, 0) is 25.5 Å². The van der Waals surface area contributed by atoms with Crippen molar-refractivity contribution in [3.63, 3.8) is 0 Å². The van der Waals surface area contributed by atoms with Crippen molar-refractivity contribution in [2.45, 2.75) is 45.7 Å². The maximum absolute atomic E-state index is 12.6. The summed E-state index contributed by atoms with van der Waals surface area (Å²) in [5.41, 5.74) is 0.769. The van der Waals surface area contributed by atoms with Crippen LogP contribution in [0.1, 0.15) is 32.8 Å². The second-order valence-electron chi connectivity index (χ2n) is 6.48. The van der Waals surface area contributed by atoms with Gasteiger partial charge in [0.2, 0.25) is 11.8 Å². The van der Waals surface area contributed by atoms with Crippen molar-refractivity contribution in [3.8, 4) is 5.75 Å². The zero-order valence-corrected chi connectivity index (χ0v) is 16.0. The van der Waals surface area contributed by atoms with Crippen LogP contribution in [0.25, 0.3) is 0 Å². The highest BCUT2D eigenvalue weighted by molar-refractivity contribution is 5.90. The molecule has 0 spiro atoms. The Kier molecular flexibility index (Phi) is 8.61. The summed E-state index contributed by atoms with van der Waals surface area (Å²) in [5.74, 6) is -0.459. The van der Waals surface area contributed by atoms with Crippen LogP contribution >= 0.6 is 0 Å². The van der Waals surface area contributed by atoms with E-state index in [9.17, 15) is 14.4 Å². The van der Waals surface area contributed by atoms with Crippen LogP contribution in [0.2, 0.25) is 0 Å². The molecular formula is C19H28N2O5. The molecule has 0 saturated heterocycles. The molecule has 0 fully saturated rings. The van der Waals surface area contributed by atoms with Crippen LogP contribution in [0.15, 0.2) is 24.3 Å². The van der Waals surface area contributed by atoms with E-state index < -0.39 is 24.0 Å². The van der Waals surface area contributed by atoms with E-state index in [1.54, 1.807) is 13.2 Å². The summed E-state index contributed by atoms with van der Waals surface area (Å²) in [4.78, 5) is 36.2. The molecule has 1 aromatic carbocycles. The number of hydrogen-bond acceptors (Lipinski definition) is 5. The lowest BCUT2D eigenvalue weighted by atomic mass is 10.0. The maximum Gasteiger partial charge on any atom is 0.328 e. The molecule has 0 heterocycles. The standard InChI is InChI=1S/C19H28N2O5/c1-12(2)10-15(20-13(3)22)18(23)21-16(19(24)26-5)11-14-8-6-7-9-17(14)25-4/h6-9,12,15-16H,10-11H2,1-5H3,(H,20,22)(H,21,23)/t15-,16-/m0/s1. The Morgan fingerprint density at radius 2 is 1.69 bits per heavy atom. The van der Waals surface area contributed by atoms with Crippen LogP contribution < -0.4 is 15.4 Å². The van der Waals surface area contributed by atoms with Crippen LogP contribution in [0, 0.1) is 5.92 Å². The number of benzene rings is 1. The Morgan fingerprint density at radius 1 is 1.04 bits per heavy atom. The Morgan fingerprint density at radius 3 is 2.23 bits per heavy atom. The van der Waals surface area contributed by atoms with Crippen LogP contribution in [0.3, 0.4) is 0 Å². The minimum atomic E-state index is -0.882. The quantitative estimate of drug-likeness (QED) is 0.647. The van der Waals surface area contributed by atoms with E-state index in [4.69, 9.17) is 9.47 Å². The summed E-state index contributed by atoms with van der Waals surface area (Å²) in [5, 5.41) is 5.33. The number of para-hydroxylation sites is 1. The highest BCUT2D eigenvalue weighted by Crippen LogP contribution is 2.19. The third-order valence-electron chi connectivity index (χ3n) is 3.82. The number of rotatable bonds is 9. The van der Waals surface area contributed by atoms with Gasteiger partial charge in [0.1, 0.15) is 17.8 Å². The van der Waals surface area contributed by atoms with Gasteiger partial charge >= 0.3 is 5.97 Å². The Bertz CT molecular complexity index is 630. The number of amides is 2. The molecule has 0 radical (unpaired) electrons. The molecule has 7 heteroatoms. The average molecular weight is 364 g/mol. The zero-order valence-electron chi connectivity index (χ0n) is 16.0. The molecule has 0 bridgehead atoms. The van der Waals surface area contributed by atoms with Crippen molar-refractivity contribution in [1.82, 2.24) is 10.6 Å². The van der Waals surface area contributed by atoms with Crippen molar-refractivity contribution < 1.29 is 23.9 Å². The number of hydrogen-bond donors (Lipinski definition) is 2. The van der Waals surface area contributed by atoms with Crippen molar-refractivity contribution in [3.05, 3.63) is 29.8 Å². The lowest BCUT2D eigenvalue weighted by Crippen LogP contribution is -2.52. The first-order valence-electron chi connectivity index (χ1n) is 8.55. The van der Waals surface area contributed by atoms with Crippen LogP contribution in [0.4, 0.5) is 0 Å². The van der Waals surface area contributed by atoms with Gasteiger partial charge in [-0.25, -0.2) is 4.79 Å². The van der Waals surface area contributed by atoms with E-state index in [0.29, 0.717) is 12.2 Å². The molecule has 2 N–H and O–H groups in total. The van der Waals surface area contributed by atoms with Gasteiger partial charge in [0.25, 0.3) is 0 Å². The molecule has 0 aliphatic heterocycles. The number of methoxy groups -OCH3 is 2. The zero-order chi connectivity index (χ0) is 19.7. The van der Waals surface area contributed by atoms with Gasteiger partial charge in [-0.15, -0.1) is 0 Å². The van der Waals surface area contributed by atoms with Gasteiger partial charge in [0, 0.05) is 13.3 Å². The summed E-state index contributed by atoms with van der Waals surface area (Å²) >= 11 is 0. The first-order valence-corrected chi connectivity index (χ1v) is 8.55. The number of carbonyl (C=O) groups is 3. The first kappa shape index (κ1) is 21.5. The van der Waals surface area contributed by atoms with Gasteiger partial charge in [0.15, 0.2) is 0 Å². The van der Waals surface area contributed by atoms with Crippen LogP contribution in [0.5, 0.6) is 5.75 Å². The normalized spacial score (nSPS) is 12.8. The summed E-state index contributed by atoms with van der Waals surface area (Å²) < 4.78 is 10.1. The highest BCUT2D eigenvalue weighted by Gasteiger charge is 2.28. The first-order chi connectivity index (χ1) is 12.3. The monoisotopic (exact) mass is 364 g/mol. The van der Waals surface area contributed by atoms with Crippen LogP contribution in [-0.4, -0.2) is 44.1 Å². The maximum atomic E-state index is 12.6. The third kappa shape index (κ3) is 6.74. The minimum absolute atomic E-state index is 0.198. The predicted octanol–water partition coefficient (Wildman–Crippen LogP) is 1.45. The SMILES string of the molecule is COC(=O)[C@H](Cc1ccccc1OC)NC(=O)[C@H](CC(C)C)NC(C)=O. The molecule has 0 aliphatic rings. The highest BCUT2D eigenvalue weighted by atomic mass is 16.5. The number of ether oxygens (including phenoxy) is 2. The lowest BCUT2D eigenvalue weighted by molar-refractivity contribution is -0.145. The average Bonchev–Trinajstić information content (AvgIpc) is 2.59. The lowest BCUT2D eigenvalue weighted by Gasteiger charge is -2.23. The number of carbonyl (C=O) groups excluding carboxylic acids is 3. The molecule has 144 valence electrons. The molecular weight excluding hydrogens is 336 g/mol. The van der Waals surface area contributed by atoms with Gasteiger partial charge < -0.3 is 20.1 Å². The number of esters is 1. The van der Waals surface area contributed by atoms with E-state index in [-0.39, 0.29) is 18.2 Å². The van der Waals surface area contributed by atoms with E-state index in [2.05, 4.69) is 10.6 Å². The summed E-state index contributed by atoms with van der Waals surface area (Å²) in [6, 6.07) is 5.66. The fraction of sp³-hybridized carbons (Fsp3) is 0.526. The smallest absolute Gasteiger partial charge is 0.328 e. The fourth-order valence-electron chi connectivity index (χ4n) is 2.65. The summed E-state index contributed by atoms with van der Waals surface area (Å²) in [7, 11) is 2.81. The Hall–Kier alpha value is -2.57. The number of nitrogens with one attached hydrogen (secondary N) is 2. The fourth-order valence-corrected chi connectivity index (χ4v) is 2.65. The van der Waals surface area contributed by atoms with Crippen molar-refractivity contribution in [2.75, 3.05) is 14.2 Å². The largest absolute Gasteiger partial charge is 0.496 e. The predicted molar refractivity (Wildman–Crippen MR) is 97.7 cm³/mol. The minimum Gasteiger partial charge on any atom is -0.496 e. The van der Waals surface area contributed by atoms with Gasteiger partial charge in [-0.2, -0.15) is 0 Å². The molecule has 1 rings (SSSR count). The van der Waals surface area contributed by atoms with E-state index in [0.717, 1.165) is 5.56 Å². The second-order valence-corrected chi connectivity index (χ2v) is 6.48. The van der Waals surface area contributed by atoms with Gasteiger partial charge in [-0.1, -0.05) is 32.0 Å². The molecule has 0 aromatic heterocycles. The molecule has 1 aromatic rings. The van der Waals surface area contributed by atoms with Gasteiger partial charge in [-0.3, -0.25) is 9.59 Å². The van der Waals surface area contributed by atoms with Gasteiger partial charge in [-0.05, 0) is 24.0 Å². The van der Waals surface area contributed by atoms with Crippen molar-refractivity contribution in [1.29, 1.82) is 0 Å². The molecule has 0 aliphatic carbocycles. The summed E-state index contributed by atoms with van der Waals surface area (Å²) in [6.07, 6.45) is 0.685. The van der Waals surface area contributed by atoms with Crippen molar-refractivity contribution in [2.24, 2.45) is 5.92 Å². The molecule has 26 heavy (non-hydrogen) atoms. The Balaban J connectivity index is 2.96. The molecule has 0 saturated carbocycles. The molecule has 2 amide bonds. The molecule has 7 nitrogen and oxygen atoms in total. The van der Waals surface area contributed by atoms with E-state index >= 15 is 0 Å². The topological polar surface area (TPSA) is 93.7 Å². The molecule has 2 atom stereocenters. The Labute approximate surface area is 154 Å². The molecule has 0 unspecified atom stereocenters. The second kappa shape index (κ2) is 10.4. The van der Waals surface area contributed by atoms with E-state index in [1.165, 1.54) is 14.0 Å². The van der Waals surface area contributed by atoms with E-state index in [1.807, 2.05) is 32.0 Å². The third-order valence-corrected chi connectivity index (χ3v) is 3.82. The van der Waals surface area contributed by atoms with Gasteiger partial charge in [0.05, 0.1) is 14.2 Å². The summed E-state index contributed by atoms with van der Waals surface area (Å²) in [6.45, 7) is 5.26. The van der Waals surface area contributed by atoms with Crippen molar-refractivity contribution >= 4 is 17.8 Å².